The maximum absolute atomic E-state index is 13.4. The Balaban J connectivity index is 1.54. The summed E-state index contributed by atoms with van der Waals surface area (Å²) < 4.78 is 5.00. The second-order valence-corrected chi connectivity index (χ2v) is 9.10. The van der Waals surface area contributed by atoms with Crippen LogP contribution in [0.15, 0.2) is 66.0 Å². The lowest BCUT2D eigenvalue weighted by Gasteiger charge is -2.21. The summed E-state index contributed by atoms with van der Waals surface area (Å²) in [5, 5.41) is 4.63. The van der Waals surface area contributed by atoms with Crippen LogP contribution in [0, 0.1) is 6.92 Å². The van der Waals surface area contributed by atoms with Crippen molar-refractivity contribution in [1.82, 2.24) is 4.90 Å². The van der Waals surface area contributed by atoms with Gasteiger partial charge in [0.15, 0.2) is 0 Å². The molecule has 180 valence electrons. The second-order valence-electron chi connectivity index (χ2n) is 8.07. The molecule has 4 amide bonds. The van der Waals surface area contributed by atoms with Crippen molar-refractivity contribution < 1.29 is 23.9 Å². The number of nitrogens with zero attached hydrogens (tertiary/aromatic N) is 2. The highest BCUT2D eigenvalue weighted by Crippen LogP contribution is 2.29. The number of hydrogen-bond donors (Lipinski definition) is 1. The van der Waals surface area contributed by atoms with Crippen LogP contribution in [0.4, 0.5) is 16.2 Å². The molecule has 1 aromatic heterocycles. The zero-order valence-electron chi connectivity index (χ0n) is 19.4. The fourth-order valence-electron chi connectivity index (χ4n) is 3.84. The van der Waals surface area contributed by atoms with E-state index in [1.54, 1.807) is 37.3 Å². The largest absolute Gasteiger partial charge is 0.462 e. The number of thiophene rings is 1. The molecule has 1 fully saturated rings. The van der Waals surface area contributed by atoms with Gasteiger partial charge in [-0.1, -0.05) is 29.8 Å². The number of carbonyl (C=O) groups excluding carboxylic acids is 4. The van der Waals surface area contributed by atoms with Crippen molar-refractivity contribution in [3.8, 4) is 0 Å². The normalized spacial score (nSPS) is 15.4. The van der Waals surface area contributed by atoms with E-state index < -0.39 is 29.9 Å². The van der Waals surface area contributed by atoms with Crippen LogP contribution in [0.5, 0.6) is 0 Å². The molecular formula is C26H25N3O5S. The van der Waals surface area contributed by atoms with E-state index >= 15 is 0 Å². The summed E-state index contributed by atoms with van der Waals surface area (Å²) in [6, 6.07) is 15.8. The first kappa shape index (κ1) is 24.2. The van der Waals surface area contributed by atoms with Gasteiger partial charge in [-0.3, -0.25) is 9.59 Å². The van der Waals surface area contributed by atoms with Gasteiger partial charge in [-0.05, 0) is 55.6 Å². The van der Waals surface area contributed by atoms with Gasteiger partial charge < -0.3 is 15.0 Å². The van der Waals surface area contributed by atoms with E-state index in [0.717, 1.165) is 15.3 Å². The molecule has 4 rings (SSSR count). The number of nitrogens with one attached hydrogen (secondary N) is 1. The lowest BCUT2D eigenvalue weighted by Crippen LogP contribution is -2.37. The van der Waals surface area contributed by atoms with E-state index in [-0.39, 0.29) is 19.6 Å². The molecule has 8 nitrogen and oxygen atoms in total. The topological polar surface area (TPSA) is 96.0 Å². The van der Waals surface area contributed by atoms with Gasteiger partial charge in [0.2, 0.25) is 5.91 Å². The van der Waals surface area contributed by atoms with Crippen molar-refractivity contribution in [2.75, 3.05) is 16.8 Å². The molecule has 1 aliphatic rings. The molecule has 2 heterocycles. The molecule has 0 radical (unpaired) electrons. The molecule has 0 spiro atoms. The molecular weight excluding hydrogens is 466 g/mol. The Kier molecular flexibility index (Phi) is 7.26. The van der Waals surface area contributed by atoms with Gasteiger partial charge >= 0.3 is 12.0 Å². The Morgan fingerprint density at radius 2 is 1.83 bits per heavy atom. The Labute approximate surface area is 207 Å². The SMILES string of the molecule is CCOC(=O)c1cccc(NC(=O)CC2C(=O)N(c3ccc(C)cc3)C(=O)N2Cc2cccs2)c1. The molecule has 2 aromatic carbocycles. The third kappa shape index (κ3) is 5.41. The zero-order chi connectivity index (χ0) is 24.9. The number of ether oxygens (including phenoxy) is 1. The van der Waals surface area contributed by atoms with Gasteiger partial charge in [-0.25, -0.2) is 14.5 Å². The standard InChI is InChI=1S/C26H25N3O5S/c1-3-34-25(32)18-6-4-7-19(14-18)27-23(30)15-22-24(31)29(20-11-9-17(2)10-12-20)26(33)28(22)16-21-8-5-13-35-21/h4-14,22H,3,15-16H2,1-2H3,(H,27,30). The Morgan fingerprint density at radius 1 is 1.06 bits per heavy atom. The van der Waals surface area contributed by atoms with Gasteiger partial charge in [-0.2, -0.15) is 0 Å². The van der Waals surface area contributed by atoms with Crippen molar-refractivity contribution >= 4 is 46.5 Å². The average Bonchev–Trinajstić information content (AvgIpc) is 3.43. The predicted molar refractivity (Wildman–Crippen MR) is 133 cm³/mol. The first-order valence-corrected chi connectivity index (χ1v) is 12.1. The molecule has 3 aromatic rings. The van der Waals surface area contributed by atoms with E-state index in [1.807, 2.05) is 36.6 Å². The van der Waals surface area contributed by atoms with Gasteiger partial charge in [0, 0.05) is 10.6 Å². The zero-order valence-corrected chi connectivity index (χ0v) is 20.2. The van der Waals surface area contributed by atoms with Crippen LogP contribution in [-0.2, 0) is 20.9 Å². The Morgan fingerprint density at radius 3 is 2.51 bits per heavy atom. The maximum atomic E-state index is 13.4. The number of aryl methyl sites for hydroxylation is 1. The lowest BCUT2D eigenvalue weighted by atomic mass is 10.1. The van der Waals surface area contributed by atoms with Crippen LogP contribution in [0.25, 0.3) is 0 Å². The smallest absolute Gasteiger partial charge is 0.338 e. The summed E-state index contributed by atoms with van der Waals surface area (Å²) in [7, 11) is 0. The minimum atomic E-state index is -0.959. The number of amides is 4. The van der Waals surface area contributed by atoms with Crippen LogP contribution in [0.1, 0.15) is 34.1 Å². The highest BCUT2D eigenvalue weighted by Gasteiger charge is 2.46. The number of esters is 1. The Hall–Kier alpha value is -3.98. The van der Waals surface area contributed by atoms with E-state index in [4.69, 9.17) is 4.74 Å². The van der Waals surface area contributed by atoms with Gasteiger partial charge in [-0.15, -0.1) is 11.3 Å². The summed E-state index contributed by atoms with van der Waals surface area (Å²) in [4.78, 5) is 55.1. The van der Waals surface area contributed by atoms with Crippen molar-refractivity contribution in [2.45, 2.75) is 32.9 Å². The number of anilines is 2. The maximum Gasteiger partial charge on any atom is 0.338 e. The number of benzene rings is 2. The molecule has 1 saturated heterocycles. The molecule has 1 aliphatic heterocycles. The van der Waals surface area contributed by atoms with Gasteiger partial charge in [0.25, 0.3) is 5.91 Å². The van der Waals surface area contributed by atoms with E-state index in [9.17, 15) is 19.2 Å². The predicted octanol–water partition coefficient (Wildman–Crippen LogP) is 4.60. The first-order chi connectivity index (χ1) is 16.9. The summed E-state index contributed by atoms with van der Waals surface area (Å²) >= 11 is 1.48. The third-order valence-electron chi connectivity index (χ3n) is 5.55. The van der Waals surface area contributed by atoms with Crippen molar-refractivity contribution in [3.05, 3.63) is 82.0 Å². The minimum Gasteiger partial charge on any atom is -0.462 e. The molecule has 1 unspecified atom stereocenters. The van der Waals surface area contributed by atoms with E-state index in [0.29, 0.717) is 16.9 Å². The quantitative estimate of drug-likeness (QED) is 0.367. The van der Waals surface area contributed by atoms with Crippen LogP contribution in [0.2, 0.25) is 0 Å². The third-order valence-corrected chi connectivity index (χ3v) is 6.41. The van der Waals surface area contributed by atoms with Crippen molar-refractivity contribution in [2.24, 2.45) is 0 Å². The monoisotopic (exact) mass is 491 g/mol. The summed E-state index contributed by atoms with van der Waals surface area (Å²) in [6.45, 7) is 4.10. The molecule has 0 saturated carbocycles. The van der Waals surface area contributed by atoms with Crippen LogP contribution < -0.4 is 10.2 Å². The molecule has 9 heteroatoms. The van der Waals surface area contributed by atoms with E-state index in [1.165, 1.54) is 22.3 Å². The van der Waals surface area contributed by atoms with Gasteiger partial charge in [0.1, 0.15) is 6.04 Å². The first-order valence-electron chi connectivity index (χ1n) is 11.2. The number of rotatable bonds is 8. The lowest BCUT2D eigenvalue weighted by molar-refractivity contribution is -0.124. The summed E-state index contributed by atoms with van der Waals surface area (Å²) in [5.74, 6) is -1.39. The molecule has 35 heavy (non-hydrogen) atoms. The van der Waals surface area contributed by atoms with E-state index in [2.05, 4.69) is 5.32 Å². The molecule has 0 bridgehead atoms. The fourth-order valence-corrected chi connectivity index (χ4v) is 4.54. The fraction of sp³-hybridized carbons (Fsp3) is 0.231. The van der Waals surface area contributed by atoms with Gasteiger partial charge in [0.05, 0.1) is 30.8 Å². The molecule has 1 atom stereocenters. The number of imide groups is 1. The highest BCUT2D eigenvalue weighted by atomic mass is 32.1. The van der Waals surface area contributed by atoms with Crippen molar-refractivity contribution in [3.63, 3.8) is 0 Å². The van der Waals surface area contributed by atoms with Crippen molar-refractivity contribution in [1.29, 1.82) is 0 Å². The molecule has 1 N–H and O–H groups in total. The second kappa shape index (κ2) is 10.5. The van der Waals surface area contributed by atoms with Crippen LogP contribution >= 0.6 is 11.3 Å². The summed E-state index contributed by atoms with van der Waals surface area (Å²) in [5.41, 5.74) is 2.18. The van der Waals surface area contributed by atoms with Crippen LogP contribution in [-0.4, -0.2) is 41.4 Å². The Bertz CT molecular complexity index is 1240. The van der Waals surface area contributed by atoms with Crippen LogP contribution in [0.3, 0.4) is 0 Å². The minimum absolute atomic E-state index is 0.220. The summed E-state index contributed by atoms with van der Waals surface area (Å²) in [6.07, 6.45) is -0.220. The average molecular weight is 492 g/mol. The number of hydrogen-bond acceptors (Lipinski definition) is 6. The number of urea groups is 1. The number of carbonyl (C=O) groups is 4. The molecule has 0 aliphatic carbocycles. The highest BCUT2D eigenvalue weighted by molar-refractivity contribution is 7.09.